The molecule has 0 radical (unpaired) electrons. The summed E-state index contributed by atoms with van der Waals surface area (Å²) in [5, 5.41) is 8.85. The second-order valence-corrected chi connectivity index (χ2v) is 8.73. The maximum atomic E-state index is 11.8. The summed E-state index contributed by atoms with van der Waals surface area (Å²) >= 11 is 6.29. The van der Waals surface area contributed by atoms with Crippen LogP contribution in [-0.2, 0) is 24.2 Å². The molecule has 2 heterocycles. The van der Waals surface area contributed by atoms with Crippen molar-refractivity contribution in [2.24, 2.45) is 0 Å². The van der Waals surface area contributed by atoms with Crippen molar-refractivity contribution in [3.05, 3.63) is 22.5 Å². The van der Waals surface area contributed by atoms with E-state index >= 15 is 0 Å². The Morgan fingerprint density at radius 3 is 2.71 bits per heavy atom. The summed E-state index contributed by atoms with van der Waals surface area (Å²) in [6.45, 7) is 3.10. The monoisotopic (exact) mass is 432 g/mol. The van der Waals surface area contributed by atoms with Gasteiger partial charge in [0.05, 0.1) is 23.2 Å². The van der Waals surface area contributed by atoms with Gasteiger partial charge in [-0.15, -0.1) is 0 Å². The van der Waals surface area contributed by atoms with E-state index in [4.69, 9.17) is 16.3 Å². The molecular weight excluding hydrogens is 412 g/mol. The molecule has 12 heteroatoms. The van der Waals surface area contributed by atoms with E-state index in [2.05, 4.69) is 10.4 Å². The minimum atomic E-state index is -3.10. The third kappa shape index (κ3) is 5.80. The highest BCUT2D eigenvalue weighted by Crippen LogP contribution is 2.30. The van der Waals surface area contributed by atoms with Gasteiger partial charge in [0, 0.05) is 18.2 Å². The lowest BCUT2D eigenvalue weighted by molar-refractivity contribution is -0.143. The van der Waals surface area contributed by atoms with E-state index < -0.39 is 34.4 Å². The highest BCUT2D eigenvalue weighted by Gasteiger charge is 2.31. The zero-order valence-electron chi connectivity index (χ0n) is 15.4. The van der Waals surface area contributed by atoms with Gasteiger partial charge in [0.2, 0.25) is 0 Å². The van der Waals surface area contributed by atoms with Gasteiger partial charge in [0.15, 0.2) is 16.4 Å². The Labute approximate surface area is 167 Å². The van der Waals surface area contributed by atoms with Crippen LogP contribution in [0.25, 0.3) is 6.08 Å². The van der Waals surface area contributed by atoms with Crippen molar-refractivity contribution in [1.29, 1.82) is 0 Å². The molecule has 1 aromatic heterocycles. The number of aryl methyl sites for hydroxylation is 1. The van der Waals surface area contributed by atoms with Crippen LogP contribution in [0.1, 0.15) is 30.6 Å². The van der Waals surface area contributed by atoms with Gasteiger partial charge >= 0.3 is 12.0 Å². The molecule has 1 atom stereocenters. The van der Waals surface area contributed by atoms with E-state index in [1.165, 1.54) is 10.8 Å². The Kier molecular flexibility index (Phi) is 7.19. The number of urea groups is 1. The van der Waals surface area contributed by atoms with Gasteiger partial charge in [-0.2, -0.15) is 5.10 Å². The van der Waals surface area contributed by atoms with Crippen molar-refractivity contribution in [2.45, 2.75) is 26.3 Å². The van der Waals surface area contributed by atoms with Crippen molar-refractivity contribution >= 4 is 45.4 Å². The first-order valence-electron chi connectivity index (χ1n) is 8.50. The van der Waals surface area contributed by atoms with Gasteiger partial charge in [-0.05, 0) is 26.3 Å². The number of carbonyl (C=O) groups excluding carboxylic acids is 3. The number of aromatic nitrogens is 2. The number of sulfone groups is 1. The third-order valence-electron chi connectivity index (χ3n) is 3.95. The van der Waals surface area contributed by atoms with Crippen molar-refractivity contribution < 1.29 is 27.5 Å². The van der Waals surface area contributed by atoms with Crippen LogP contribution in [0.5, 0.6) is 0 Å². The summed E-state index contributed by atoms with van der Waals surface area (Å²) in [5.74, 6) is -1.52. The van der Waals surface area contributed by atoms with Gasteiger partial charge in [0.1, 0.15) is 5.15 Å². The van der Waals surface area contributed by atoms with Gasteiger partial charge in [-0.1, -0.05) is 11.6 Å². The molecule has 1 saturated heterocycles. The summed E-state index contributed by atoms with van der Waals surface area (Å²) in [6, 6.07) is -1.02. The van der Waals surface area contributed by atoms with Crippen molar-refractivity contribution in [2.75, 3.05) is 24.7 Å². The number of hydrogen-bond donors (Lipinski definition) is 2. The van der Waals surface area contributed by atoms with Gasteiger partial charge < -0.3 is 10.1 Å². The molecule has 154 valence electrons. The lowest BCUT2D eigenvalue weighted by Crippen LogP contribution is -2.41. The SMILES string of the molecule is CCNC(=O)NC(=O)COC(=O)C=Cc1c(C)nn(C2CCS(=O)(=O)C2)c1Cl. The Morgan fingerprint density at radius 2 is 2.11 bits per heavy atom. The van der Waals surface area contributed by atoms with Crippen molar-refractivity contribution in [3.63, 3.8) is 0 Å². The Bertz CT molecular complexity index is 908. The molecule has 10 nitrogen and oxygen atoms in total. The molecule has 1 unspecified atom stereocenters. The fraction of sp³-hybridized carbons (Fsp3) is 0.500. The number of esters is 1. The average Bonchev–Trinajstić information content (AvgIpc) is 3.10. The number of hydrogen-bond acceptors (Lipinski definition) is 7. The quantitative estimate of drug-likeness (QED) is 0.496. The van der Waals surface area contributed by atoms with Crippen LogP contribution in [0.15, 0.2) is 6.08 Å². The second-order valence-electron chi connectivity index (χ2n) is 6.14. The first kappa shape index (κ1) is 21.9. The molecule has 1 aliphatic rings. The largest absolute Gasteiger partial charge is 0.452 e. The maximum Gasteiger partial charge on any atom is 0.331 e. The number of ether oxygens (including phenoxy) is 1. The van der Waals surface area contributed by atoms with E-state index in [0.29, 0.717) is 24.2 Å². The molecule has 0 aromatic carbocycles. The fourth-order valence-electron chi connectivity index (χ4n) is 2.64. The first-order chi connectivity index (χ1) is 13.1. The molecule has 3 amide bonds. The van der Waals surface area contributed by atoms with Crippen LogP contribution in [0.3, 0.4) is 0 Å². The molecule has 28 heavy (non-hydrogen) atoms. The summed E-state index contributed by atoms with van der Waals surface area (Å²) in [5.41, 5.74) is 0.974. The summed E-state index contributed by atoms with van der Waals surface area (Å²) in [7, 11) is -3.10. The predicted molar refractivity (Wildman–Crippen MR) is 101 cm³/mol. The summed E-state index contributed by atoms with van der Waals surface area (Å²) in [4.78, 5) is 34.4. The number of nitrogens with one attached hydrogen (secondary N) is 2. The number of halogens is 1. The zero-order valence-corrected chi connectivity index (χ0v) is 17.0. The number of imide groups is 1. The normalized spacial score (nSPS) is 18.2. The van der Waals surface area contributed by atoms with Crippen LogP contribution < -0.4 is 10.6 Å². The van der Waals surface area contributed by atoms with Crippen LogP contribution in [0.2, 0.25) is 5.15 Å². The van der Waals surface area contributed by atoms with E-state index in [-0.39, 0.29) is 22.7 Å². The van der Waals surface area contributed by atoms with Crippen molar-refractivity contribution in [1.82, 2.24) is 20.4 Å². The van der Waals surface area contributed by atoms with Crippen LogP contribution in [0.4, 0.5) is 4.79 Å². The summed E-state index contributed by atoms with van der Waals surface area (Å²) in [6.07, 6.45) is 2.88. The molecule has 1 aromatic rings. The maximum absolute atomic E-state index is 11.8. The lowest BCUT2D eigenvalue weighted by atomic mass is 10.2. The number of nitrogens with zero attached hydrogens (tertiary/aromatic N) is 2. The van der Waals surface area contributed by atoms with Crippen LogP contribution >= 0.6 is 11.6 Å². The highest BCUT2D eigenvalue weighted by molar-refractivity contribution is 7.91. The first-order valence-corrected chi connectivity index (χ1v) is 10.7. The molecule has 1 fully saturated rings. The minimum Gasteiger partial charge on any atom is -0.452 e. The topological polar surface area (TPSA) is 136 Å². The molecule has 0 aliphatic carbocycles. The van der Waals surface area contributed by atoms with E-state index in [0.717, 1.165) is 6.08 Å². The molecule has 2 N–H and O–H groups in total. The van der Waals surface area contributed by atoms with Gasteiger partial charge in [0.25, 0.3) is 5.91 Å². The molecule has 0 bridgehead atoms. The third-order valence-corrected chi connectivity index (χ3v) is 6.07. The second kappa shape index (κ2) is 9.20. The lowest BCUT2D eigenvalue weighted by Gasteiger charge is -2.09. The molecule has 0 spiro atoms. The Balaban J connectivity index is 1.96. The fourth-order valence-corrected chi connectivity index (χ4v) is 4.70. The molecular formula is C16H21ClN4O6S. The molecule has 2 rings (SSSR count). The standard InChI is InChI=1S/C16H21ClN4O6S/c1-3-18-16(24)19-13(22)8-27-14(23)5-4-12-10(2)20-21(15(12)17)11-6-7-28(25,26)9-11/h4-5,11H,3,6-9H2,1-2H3,(H2,18,19,22,24). The Hall–Kier alpha value is -2.40. The predicted octanol–water partition coefficient (Wildman–Crippen LogP) is 0.607. The van der Waals surface area contributed by atoms with Gasteiger partial charge in [-0.25, -0.2) is 22.7 Å². The average molecular weight is 433 g/mol. The zero-order chi connectivity index (χ0) is 20.9. The van der Waals surface area contributed by atoms with E-state index in [1.54, 1.807) is 13.8 Å². The smallest absolute Gasteiger partial charge is 0.331 e. The minimum absolute atomic E-state index is 0.0280. The highest BCUT2D eigenvalue weighted by atomic mass is 35.5. The molecule has 0 saturated carbocycles. The number of rotatable bonds is 6. The van der Waals surface area contributed by atoms with E-state index in [1.807, 2.05) is 5.32 Å². The van der Waals surface area contributed by atoms with Gasteiger partial charge in [-0.3, -0.25) is 10.1 Å². The van der Waals surface area contributed by atoms with Crippen LogP contribution in [-0.4, -0.2) is 60.8 Å². The van der Waals surface area contributed by atoms with Crippen LogP contribution in [0, 0.1) is 6.92 Å². The van der Waals surface area contributed by atoms with Crippen molar-refractivity contribution in [3.8, 4) is 0 Å². The van der Waals surface area contributed by atoms with E-state index in [9.17, 15) is 22.8 Å². The number of carbonyl (C=O) groups is 3. The Morgan fingerprint density at radius 1 is 1.39 bits per heavy atom. The number of amides is 3. The summed E-state index contributed by atoms with van der Waals surface area (Å²) < 4.78 is 29.5. The molecule has 1 aliphatic heterocycles.